The molecule has 0 unspecified atom stereocenters. The highest BCUT2D eigenvalue weighted by Gasteiger charge is 2.23. The number of hydrogen-bond donors (Lipinski definition) is 2. The number of carbonyl (C=O) groups is 1. The Hall–Kier alpha value is -4.58. The number of sulfonamides is 1. The number of nitrogens with zero attached hydrogens (tertiary/aromatic N) is 3. The van der Waals surface area contributed by atoms with Crippen LogP contribution in [0.4, 0.5) is 17.3 Å². The van der Waals surface area contributed by atoms with Crippen molar-refractivity contribution in [2.45, 2.75) is 4.90 Å². The fourth-order valence-corrected chi connectivity index (χ4v) is 4.86. The van der Waals surface area contributed by atoms with Gasteiger partial charge in [-0.25, -0.2) is 18.4 Å². The van der Waals surface area contributed by atoms with Crippen LogP contribution >= 0.6 is 0 Å². The van der Waals surface area contributed by atoms with Crippen molar-refractivity contribution in [3.05, 3.63) is 66.2 Å². The normalized spacial score (nSPS) is 12.6. The van der Waals surface area contributed by atoms with E-state index < -0.39 is 10.0 Å². The maximum absolute atomic E-state index is 13.3. The zero-order chi connectivity index (χ0) is 26.9. The monoisotopic (exact) mass is 535 g/mol. The first kappa shape index (κ1) is 25.1. The van der Waals surface area contributed by atoms with Crippen molar-refractivity contribution in [2.75, 3.05) is 44.5 Å². The fourth-order valence-electron chi connectivity index (χ4n) is 3.85. The van der Waals surface area contributed by atoms with Gasteiger partial charge in [-0.15, -0.1) is 0 Å². The molecule has 11 nitrogen and oxygen atoms in total. The lowest BCUT2D eigenvalue weighted by Crippen LogP contribution is -2.22. The molecule has 38 heavy (non-hydrogen) atoms. The number of amides is 1. The van der Waals surface area contributed by atoms with Gasteiger partial charge >= 0.3 is 0 Å². The van der Waals surface area contributed by atoms with Gasteiger partial charge in [0.05, 0.1) is 28.7 Å². The molecule has 0 saturated carbocycles. The molecule has 1 amide bonds. The minimum Gasteiger partial charge on any atom is -0.497 e. The number of para-hydroxylation sites is 2. The molecule has 0 atom stereocenters. The van der Waals surface area contributed by atoms with Crippen LogP contribution in [0.2, 0.25) is 0 Å². The van der Waals surface area contributed by atoms with Gasteiger partial charge in [-0.1, -0.05) is 12.1 Å². The molecule has 2 N–H and O–H groups in total. The van der Waals surface area contributed by atoms with Crippen LogP contribution < -0.4 is 24.2 Å². The van der Waals surface area contributed by atoms with E-state index in [2.05, 4.69) is 20.0 Å². The van der Waals surface area contributed by atoms with Gasteiger partial charge in [0.15, 0.2) is 23.1 Å². The lowest BCUT2D eigenvalue weighted by Gasteiger charge is -2.23. The highest BCUT2D eigenvalue weighted by atomic mass is 32.2. The van der Waals surface area contributed by atoms with Gasteiger partial charge < -0.3 is 24.4 Å². The Morgan fingerprint density at radius 3 is 2.26 bits per heavy atom. The molecule has 3 aromatic carbocycles. The van der Waals surface area contributed by atoms with Gasteiger partial charge in [0, 0.05) is 31.8 Å². The molecule has 12 heteroatoms. The summed E-state index contributed by atoms with van der Waals surface area (Å²) >= 11 is 0. The number of fused-ring (bicyclic) bond motifs is 2. The van der Waals surface area contributed by atoms with Gasteiger partial charge in [-0.2, -0.15) is 0 Å². The third-order valence-electron chi connectivity index (χ3n) is 5.72. The maximum Gasteiger partial charge on any atom is 0.263 e. The first-order valence-electron chi connectivity index (χ1n) is 11.6. The Bertz CT molecular complexity index is 1620. The summed E-state index contributed by atoms with van der Waals surface area (Å²) in [5, 5.41) is 3.14. The molecule has 1 aliphatic rings. The third-order valence-corrected chi connectivity index (χ3v) is 7.08. The van der Waals surface area contributed by atoms with E-state index in [9.17, 15) is 13.2 Å². The van der Waals surface area contributed by atoms with E-state index in [-0.39, 0.29) is 22.4 Å². The highest BCUT2D eigenvalue weighted by Crippen LogP contribution is 2.43. The van der Waals surface area contributed by atoms with Crippen molar-refractivity contribution >= 4 is 44.3 Å². The summed E-state index contributed by atoms with van der Waals surface area (Å²) < 4.78 is 46.1. The Morgan fingerprint density at radius 2 is 1.61 bits per heavy atom. The SMILES string of the molecule is COc1cc(Nc2nc3ccccc3nc2NS(=O)(=O)c2ccc(C(=O)N(C)C)cc2)c2c(c1)OCCO2. The Labute approximate surface area is 219 Å². The molecule has 0 saturated heterocycles. The molecule has 1 aliphatic heterocycles. The van der Waals surface area contributed by atoms with E-state index in [1.54, 1.807) is 44.4 Å². The molecular weight excluding hydrogens is 510 g/mol. The second kappa shape index (κ2) is 10.1. The summed E-state index contributed by atoms with van der Waals surface area (Å²) in [4.78, 5) is 22.7. The summed E-state index contributed by atoms with van der Waals surface area (Å²) in [7, 11) is 0.688. The number of ether oxygens (including phenoxy) is 3. The van der Waals surface area contributed by atoms with Crippen LogP contribution in [0.3, 0.4) is 0 Å². The van der Waals surface area contributed by atoms with Crippen molar-refractivity contribution in [1.29, 1.82) is 0 Å². The van der Waals surface area contributed by atoms with Crippen molar-refractivity contribution in [3.63, 3.8) is 0 Å². The van der Waals surface area contributed by atoms with Crippen molar-refractivity contribution in [3.8, 4) is 17.2 Å². The standard InChI is InChI=1S/C26H25N5O6S/c1-31(2)26(32)16-8-10-18(11-9-16)38(33,34)30-25-24(27-19-6-4-5-7-20(19)28-25)29-21-14-17(35-3)15-22-23(21)37-13-12-36-22/h4-11,14-15H,12-13H2,1-3H3,(H,27,29)(H,28,30). The number of carbonyl (C=O) groups excluding carboxylic acids is 1. The molecule has 196 valence electrons. The lowest BCUT2D eigenvalue weighted by molar-refractivity contribution is 0.0827. The van der Waals surface area contributed by atoms with Crippen LogP contribution in [0.25, 0.3) is 11.0 Å². The molecule has 2 heterocycles. The maximum atomic E-state index is 13.3. The minimum absolute atomic E-state index is 0.0227. The smallest absolute Gasteiger partial charge is 0.263 e. The zero-order valence-corrected chi connectivity index (χ0v) is 21.7. The summed E-state index contributed by atoms with van der Waals surface area (Å²) in [6, 6.07) is 16.2. The van der Waals surface area contributed by atoms with Crippen molar-refractivity contribution in [2.24, 2.45) is 0 Å². The molecule has 5 rings (SSSR count). The number of hydrogen-bond acceptors (Lipinski definition) is 9. The number of anilines is 3. The van der Waals surface area contributed by atoms with Gasteiger partial charge in [-0.3, -0.25) is 9.52 Å². The summed E-state index contributed by atoms with van der Waals surface area (Å²) in [5.41, 5.74) is 1.89. The van der Waals surface area contributed by atoms with Crippen LogP contribution in [-0.4, -0.2) is 63.6 Å². The minimum atomic E-state index is -4.09. The summed E-state index contributed by atoms with van der Waals surface area (Å²) in [5.74, 6) is 1.34. The van der Waals surface area contributed by atoms with Crippen LogP contribution in [-0.2, 0) is 10.0 Å². The van der Waals surface area contributed by atoms with Crippen molar-refractivity contribution in [1.82, 2.24) is 14.9 Å². The van der Waals surface area contributed by atoms with Gasteiger partial charge in [0.25, 0.3) is 15.9 Å². The van der Waals surface area contributed by atoms with E-state index in [1.807, 2.05) is 6.07 Å². The molecule has 0 radical (unpaired) electrons. The van der Waals surface area contributed by atoms with Gasteiger partial charge in [0.2, 0.25) is 0 Å². The molecule has 0 fully saturated rings. The van der Waals surface area contributed by atoms with E-state index in [0.717, 1.165) is 0 Å². The van der Waals surface area contributed by atoms with Crippen LogP contribution in [0.1, 0.15) is 10.4 Å². The molecular formula is C26H25N5O6S. The van der Waals surface area contributed by atoms with Crippen LogP contribution in [0, 0.1) is 0 Å². The fraction of sp³-hybridized carbons (Fsp3) is 0.192. The molecule has 0 aliphatic carbocycles. The molecule has 4 aromatic rings. The Balaban J connectivity index is 1.54. The molecule has 0 spiro atoms. The number of rotatable bonds is 7. The predicted molar refractivity (Wildman–Crippen MR) is 142 cm³/mol. The van der Waals surface area contributed by atoms with Gasteiger partial charge in [-0.05, 0) is 36.4 Å². The zero-order valence-electron chi connectivity index (χ0n) is 20.9. The topological polar surface area (TPSA) is 132 Å². The Kier molecular flexibility index (Phi) is 6.64. The second-order valence-corrected chi connectivity index (χ2v) is 10.2. The van der Waals surface area contributed by atoms with E-state index in [4.69, 9.17) is 14.2 Å². The largest absolute Gasteiger partial charge is 0.497 e. The van der Waals surface area contributed by atoms with Crippen LogP contribution in [0.15, 0.2) is 65.6 Å². The highest BCUT2D eigenvalue weighted by molar-refractivity contribution is 7.92. The van der Waals surface area contributed by atoms with E-state index in [1.165, 1.54) is 36.3 Å². The average molecular weight is 536 g/mol. The third kappa shape index (κ3) is 4.98. The molecule has 1 aromatic heterocycles. The quantitative estimate of drug-likeness (QED) is 0.364. The first-order chi connectivity index (χ1) is 18.2. The van der Waals surface area contributed by atoms with Crippen LogP contribution in [0.5, 0.6) is 17.2 Å². The molecule has 0 bridgehead atoms. The predicted octanol–water partition coefficient (Wildman–Crippen LogP) is 3.66. The van der Waals surface area contributed by atoms with Crippen molar-refractivity contribution < 1.29 is 27.4 Å². The lowest BCUT2D eigenvalue weighted by atomic mass is 10.2. The summed E-state index contributed by atoms with van der Waals surface area (Å²) in [6.45, 7) is 0.739. The average Bonchev–Trinajstić information content (AvgIpc) is 2.92. The van der Waals surface area contributed by atoms with E-state index in [0.29, 0.717) is 52.7 Å². The Morgan fingerprint density at radius 1 is 0.947 bits per heavy atom. The number of nitrogens with one attached hydrogen (secondary N) is 2. The second-order valence-electron chi connectivity index (χ2n) is 8.56. The first-order valence-corrected chi connectivity index (χ1v) is 13.1. The number of aromatic nitrogens is 2. The van der Waals surface area contributed by atoms with Gasteiger partial charge in [0.1, 0.15) is 19.0 Å². The van der Waals surface area contributed by atoms with E-state index >= 15 is 0 Å². The summed E-state index contributed by atoms with van der Waals surface area (Å²) in [6.07, 6.45) is 0. The number of methoxy groups -OCH3 is 1. The number of benzene rings is 3.